The van der Waals surface area contributed by atoms with Gasteiger partial charge in [0.15, 0.2) is 0 Å². The number of amides is 2. The van der Waals surface area contributed by atoms with Crippen molar-refractivity contribution in [2.45, 2.75) is 57.0 Å². The van der Waals surface area contributed by atoms with Gasteiger partial charge < -0.3 is 15.4 Å². The second kappa shape index (κ2) is 11.3. The van der Waals surface area contributed by atoms with Crippen molar-refractivity contribution in [1.82, 2.24) is 20.5 Å². The number of hydrogen-bond donors (Lipinski definition) is 2. The molecule has 1 saturated carbocycles. The topological polar surface area (TPSA) is 83.6 Å². The highest BCUT2D eigenvalue weighted by Crippen LogP contribution is 2.35. The maximum atomic E-state index is 12.3. The Bertz CT molecular complexity index is 651. The van der Waals surface area contributed by atoms with Gasteiger partial charge in [0.2, 0.25) is 11.8 Å². The molecule has 0 spiro atoms. The van der Waals surface area contributed by atoms with Gasteiger partial charge in [0.25, 0.3) is 0 Å². The van der Waals surface area contributed by atoms with Crippen molar-refractivity contribution in [3.05, 3.63) is 30.1 Å². The summed E-state index contributed by atoms with van der Waals surface area (Å²) in [7, 11) is 1.64. The number of nitrogens with one attached hydrogen (secondary N) is 2. The molecule has 0 bridgehead atoms. The van der Waals surface area contributed by atoms with Crippen LogP contribution in [0.2, 0.25) is 0 Å². The van der Waals surface area contributed by atoms with Crippen molar-refractivity contribution in [1.29, 1.82) is 0 Å². The first kappa shape index (κ1) is 21.7. The van der Waals surface area contributed by atoms with Gasteiger partial charge in [-0.25, -0.2) is 0 Å². The van der Waals surface area contributed by atoms with Crippen molar-refractivity contribution in [2.24, 2.45) is 5.92 Å². The second-order valence-corrected chi connectivity index (χ2v) is 8.24. The van der Waals surface area contributed by atoms with Crippen molar-refractivity contribution in [3.8, 4) is 0 Å². The third-order valence-corrected chi connectivity index (χ3v) is 5.88. The molecule has 2 N–H and O–H groups in total. The van der Waals surface area contributed by atoms with Gasteiger partial charge in [0.05, 0.1) is 6.61 Å². The molecule has 29 heavy (non-hydrogen) atoms. The minimum absolute atomic E-state index is 0.0842. The molecule has 3 rings (SSSR count). The maximum Gasteiger partial charge on any atom is 0.221 e. The molecule has 160 valence electrons. The zero-order valence-corrected chi connectivity index (χ0v) is 17.4. The van der Waals surface area contributed by atoms with Crippen LogP contribution in [-0.4, -0.2) is 67.1 Å². The number of rotatable bonds is 12. The summed E-state index contributed by atoms with van der Waals surface area (Å²) in [4.78, 5) is 31.1. The standard InChI is InChI=1S/C22H34N4O3/c1-29-12-11-24-22(28)13-19-7-8-20(26(19)16-18-4-5-18)15-25-21(27)9-6-17-3-2-10-23-14-17/h2-3,10,14,18-20H,4-9,11-13,15-16H2,1H3,(H,24,28)(H,25,27)/t19-,20+/m1/s1. The van der Waals surface area contributed by atoms with Crippen molar-refractivity contribution in [2.75, 3.05) is 33.4 Å². The summed E-state index contributed by atoms with van der Waals surface area (Å²) in [5.74, 6) is 0.936. The molecule has 7 heteroatoms. The van der Waals surface area contributed by atoms with Gasteiger partial charge >= 0.3 is 0 Å². The van der Waals surface area contributed by atoms with E-state index in [1.807, 2.05) is 18.3 Å². The van der Waals surface area contributed by atoms with Gasteiger partial charge in [0.1, 0.15) is 0 Å². The lowest BCUT2D eigenvalue weighted by atomic mass is 10.1. The predicted octanol–water partition coefficient (Wildman–Crippen LogP) is 1.53. The number of methoxy groups -OCH3 is 1. The molecule has 1 aliphatic carbocycles. The van der Waals surface area contributed by atoms with Crippen molar-refractivity contribution in [3.63, 3.8) is 0 Å². The Hall–Kier alpha value is -1.99. The van der Waals surface area contributed by atoms with Crippen LogP contribution in [0, 0.1) is 5.92 Å². The van der Waals surface area contributed by atoms with E-state index in [0.717, 1.165) is 30.9 Å². The molecule has 2 fully saturated rings. The van der Waals surface area contributed by atoms with Gasteiger partial charge in [0, 0.05) is 64.1 Å². The Kier molecular flexibility index (Phi) is 8.43. The number of carbonyl (C=O) groups excluding carboxylic acids is 2. The van der Waals surface area contributed by atoms with E-state index in [1.54, 1.807) is 13.3 Å². The molecular weight excluding hydrogens is 368 g/mol. The number of nitrogens with zero attached hydrogens (tertiary/aromatic N) is 2. The van der Waals surface area contributed by atoms with Crippen LogP contribution < -0.4 is 10.6 Å². The maximum absolute atomic E-state index is 12.3. The Morgan fingerprint density at radius 2 is 2.00 bits per heavy atom. The third-order valence-electron chi connectivity index (χ3n) is 5.88. The van der Waals surface area contributed by atoms with Gasteiger partial charge in [-0.05, 0) is 49.7 Å². The molecule has 2 amide bonds. The van der Waals surface area contributed by atoms with Crippen LogP contribution in [0.5, 0.6) is 0 Å². The summed E-state index contributed by atoms with van der Waals surface area (Å²) in [6, 6.07) is 4.49. The number of hydrogen-bond acceptors (Lipinski definition) is 5. The summed E-state index contributed by atoms with van der Waals surface area (Å²) in [6.07, 6.45) is 9.89. The first-order valence-electron chi connectivity index (χ1n) is 10.8. The lowest BCUT2D eigenvalue weighted by molar-refractivity contribution is -0.123. The average molecular weight is 403 g/mol. The first-order chi connectivity index (χ1) is 14.2. The van der Waals surface area contributed by atoms with Gasteiger partial charge in [-0.1, -0.05) is 6.07 Å². The summed E-state index contributed by atoms with van der Waals surface area (Å²) in [5.41, 5.74) is 1.08. The largest absolute Gasteiger partial charge is 0.383 e. The number of likely N-dealkylation sites (tertiary alicyclic amines) is 1. The Morgan fingerprint density at radius 3 is 2.72 bits per heavy atom. The van der Waals surface area contributed by atoms with E-state index >= 15 is 0 Å². The number of pyridine rings is 1. The van der Waals surface area contributed by atoms with Crippen LogP contribution in [0.3, 0.4) is 0 Å². The van der Waals surface area contributed by atoms with Crippen LogP contribution in [0.25, 0.3) is 0 Å². The first-order valence-corrected chi connectivity index (χ1v) is 10.8. The number of aryl methyl sites for hydroxylation is 1. The fraction of sp³-hybridized carbons (Fsp3) is 0.682. The quantitative estimate of drug-likeness (QED) is 0.518. The van der Waals surface area contributed by atoms with Crippen LogP contribution in [0.1, 0.15) is 44.1 Å². The SMILES string of the molecule is COCCNC(=O)C[C@H]1CC[C@@H](CNC(=O)CCc2cccnc2)N1CC1CC1. The smallest absolute Gasteiger partial charge is 0.221 e. The normalized spacial score (nSPS) is 21.8. The molecule has 7 nitrogen and oxygen atoms in total. The van der Waals surface area contributed by atoms with E-state index in [9.17, 15) is 9.59 Å². The molecule has 1 saturated heterocycles. The highest BCUT2D eigenvalue weighted by Gasteiger charge is 2.37. The second-order valence-electron chi connectivity index (χ2n) is 8.24. The Labute approximate surface area is 173 Å². The summed E-state index contributed by atoms with van der Waals surface area (Å²) >= 11 is 0. The summed E-state index contributed by atoms with van der Waals surface area (Å²) in [5, 5.41) is 6.05. The molecule has 0 unspecified atom stereocenters. The molecule has 2 atom stereocenters. The predicted molar refractivity (Wildman–Crippen MR) is 111 cm³/mol. The Balaban J connectivity index is 1.43. The lowest BCUT2D eigenvalue weighted by Crippen LogP contribution is -2.45. The zero-order chi connectivity index (χ0) is 20.5. The highest BCUT2D eigenvalue weighted by molar-refractivity contribution is 5.77. The fourth-order valence-corrected chi connectivity index (χ4v) is 4.05. The van der Waals surface area contributed by atoms with Crippen LogP contribution in [-0.2, 0) is 20.7 Å². The van der Waals surface area contributed by atoms with Gasteiger partial charge in [-0.15, -0.1) is 0 Å². The fourth-order valence-electron chi connectivity index (χ4n) is 4.05. The molecule has 1 aliphatic heterocycles. The molecule has 0 radical (unpaired) electrons. The van der Waals surface area contributed by atoms with E-state index in [4.69, 9.17) is 4.74 Å². The molecule has 1 aromatic rings. The van der Waals surface area contributed by atoms with Gasteiger partial charge in [-0.3, -0.25) is 19.5 Å². The molecule has 2 aliphatic rings. The highest BCUT2D eigenvalue weighted by atomic mass is 16.5. The third kappa shape index (κ3) is 7.40. The summed E-state index contributed by atoms with van der Waals surface area (Å²) in [6.45, 7) is 2.81. The average Bonchev–Trinajstić information content (AvgIpc) is 3.48. The van der Waals surface area contributed by atoms with Crippen molar-refractivity contribution < 1.29 is 14.3 Å². The van der Waals surface area contributed by atoms with E-state index in [2.05, 4.69) is 20.5 Å². The van der Waals surface area contributed by atoms with Crippen molar-refractivity contribution >= 4 is 11.8 Å². The van der Waals surface area contributed by atoms with E-state index < -0.39 is 0 Å². The van der Waals surface area contributed by atoms with Gasteiger partial charge in [-0.2, -0.15) is 0 Å². The number of ether oxygens (including phenoxy) is 1. The lowest BCUT2D eigenvalue weighted by Gasteiger charge is -2.30. The van der Waals surface area contributed by atoms with E-state index in [-0.39, 0.29) is 17.9 Å². The van der Waals surface area contributed by atoms with Crippen LogP contribution in [0.4, 0.5) is 0 Å². The monoisotopic (exact) mass is 402 g/mol. The molecule has 2 heterocycles. The number of carbonyl (C=O) groups is 2. The minimum atomic E-state index is 0.0842. The zero-order valence-electron chi connectivity index (χ0n) is 17.4. The Morgan fingerprint density at radius 1 is 1.17 bits per heavy atom. The minimum Gasteiger partial charge on any atom is -0.383 e. The number of aromatic nitrogens is 1. The van der Waals surface area contributed by atoms with E-state index in [1.165, 1.54) is 12.8 Å². The van der Waals surface area contributed by atoms with Crippen LogP contribution in [0.15, 0.2) is 24.5 Å². The summed E-state index contributed by atoms with van der Waals surface area (Å²) < 4.78 is 4.99. The molecule has 0 aromatic carbocycles. The molecular formula is C22H34N4O3. The van der Waals surface area contributed by atoms with E-state index in [0.29, 0.717) is 45.0 Å². The van der Waals surface area contributed by atoms with Crippen LogP contribution >= 0.6 is 0 Å². The molecule has 1 aromatic heterocycles.